The van der Waals surface area contributed by atoms with Gasteiger partial charge in [0.25, 0.3) is 5.91 Å². The van der Waals surface area contributed by atoms with Crippen molar-refractivity contribution in [2.75, 3.05) is 14.2 Å². The molecule has 0 aliphatic heterocycles. The Balaban J connectivity index is 2.89. The zero-order valence-corrected chi connectivity index (χ0v) is 14.7. The summed E-state index contributed by atoms with van der Waals surface area (Å²) in [6, 6.07) is 7.01. The summed E-state index contributed by atoms with van der Waals surface area (Å²) in [6.45, 7) is 7.28. The van der Waals surface area contributed by atoms with E-state index in [4.69, 9.17) is 9.57 Å². The second-order valence-electron chi connectivity index (χ2n) is 6.41. The molecule has 1 atom stereocenters. The minimum atomic E-state index is -0.767. The van der Waals surface area contributed by atoms with Crippen molar-refractivity contribution in [3.8, 4) is 0 Å². The molecule has 0 saturated carbocycles. The van der Waals surface area contributed by atoms with Crippen molar-refractivity contribution in [2.45, 2.75) is 45.8 Å². The van der Waals surface area contributed by atoms with Gasteiger partial charge in [0, 0.05) is 13.5 Å². The lowest BCUT2D eigenvalue weighted by Crippen LogP contribution is -2.49. The third kappa shape index (κ3) is 6.69. The van der Waals surface area contributed by atoms with Gasteiger partial charge in [0.2, 0.25) is 0 Å². The van der Waals surface area contributed by atoms with Crippen molar-refractivity contribution >= 4 is 12.0 Å². The van der Waals surface area contributed by atoms with Crippen molar-refractivity contribution in [3.63, 3.8) is 0 Å². The van der Waals surface area contributed by atoms with Gasteiger partial charge >= 0.3 is 6.09 Å². The monoisotopic (exact) mass is 322 g/mol. The van der Waals surface area contributed by atoms with Gasteiger partial charge in [0.05, 0.1) is 7.11 Å². The highest BCUT2D eigenvalue weighted by Gasteiger charge is 2.27. The summed E-state index contributed by atoms with van der Waals surface area (Å²) in [5.74, 6) is -0.347. The van der Waals surface area contributed by atoms with Gasteiger partial charge in [-0.3, -0.25) is 9.63 Å². The highest BCUT2D eigenvalue weighted by Crippen LogP contribution is 2.11. The average molecular weight is 322 g/mol. The standard InChI is InChI=1S/C17H26N2O4/c1-12-8-7-9-13(10-12)11-14(15(20)19(5)22-6)18-16(21)23-17(2,3)4/h7-10,14H,11H2,1-6H3,(H,18,21). The van der Waals surface area contributed by atoms with Crippen LogP contribution in [-0.2, 0) is 20.8 Å². The maximum atomic E-state index is 12.4. The fourth-order valence-corrected chi connectivity index (χ4v) is 2.03. The van der Waals surface area contributed by atoms with E-state index in [0.29, 0.717) is 6.42 Å². The van der Waals surface area contributed by atoms with Crippen LogP contribution in [0.15, 0.2) is 24.3 Å². The second-order valence-corrected chi connectivity index (χ2v) is 6.41. The number of aryl methyl sites for hydroxylation is 1. The van der Waals surface area contributed by atoms with Crippen LogP contribution in [0.4, 0.5) is 4.79 Å². The van der Waals surface area contributed by atoms with Crippen LogP contribution in [0.25, 0.3) is 0 Å². The quantitative estimate of drug-likeness (QED) is 0.846. The van der Waals surface area contributed by atoms with Crippen LogP contribution in [0.1, 0.15) is 31.9 Å². The number of ether oxygens (including phenoxy) is 1. The molecular weight excluding hydrogens is 296 g/mol. The Hall–Kier alpha value is -2.08. The highest BCUT2D eigenvalue weighted by atomic mass is 16.7. The number of hydrogen-bond donors (Lipinski definition) is 1. The molecule has 0 aliphatic rings. The van der Waals surface area contributed by atoms with Gasteiger partial charge in [0.15, 0.2) is 0 Å². The molecule has 0 fully saturated rings. The Bertz CT molecular complexity index is 552. The molecule has 1 aromatic carbocycles. The molecule has 1 N–H and O–H groups in total. The summed E-state index contributed by atoms with van der Waals surface area (Å²) >= 11 is 0. The van der Waals surface area contributed by atoms with Crippen LogP contribution in [0.5, 0.6) is 0 Å². The number of hydroxylamine groups is 2. The molecule has 1 unspecified atom stereocenters. The van der Waals surface area contributed by atoms with Gasteiger partial charge in [-0.2, -0.15) is 0 Å². The molecule has 0 heterocycles. The molecule has 0 aromatic heterocycles. The fraction of sp³-hybridized carbons (Fsp3) is 0.529. The van der Waals surface area contributed by atoms with E-state index in [-0.39, 0.29) is 5.91 Å². The lowest BCUT2D eigenvalue weighted by Gasteiger charge is -2.25. The number of nitrogens with zero attached hydrogens (tertiary/aromatic N) is 1. The van der Waals surface area contributed by atoms with Crippen LogP contribution < -0.4 is 5.32 Å². The first-order valence-electron chi connectivity index (χ1n) is 7.49. The lowest BCUT2D eigenvalue weighted by atomic mass is 10.0. The van der Waals surface area contributed by atoms with Gasteiger partial charge in [-0.1, -0.05) is 29.8 Å². The minimum absolute atomic E-state index is 0.347. The normalized spacial score (nSPS) is 12.4. The van der Waals surface area contributed by atoms with Gasteiger partial charge in [-0.05, 0) is 33.3 Å². The summed E-state index contributed by atoms with van der Waals surface area (Å²) in [5.41, 5.74) is 1.41. The summed E-state index contributed by atoms with van der Waals surface area (Å²) in [6.07, 6.45) is -0.277. The van der Waals surface area contributed by atoms with Crippen molar-refractivity contribution in [2.24, 2.45) is 0 Å². The summed E-state index contributed by atoms with van der Waals surface area (Å²) in [7, 11) is 2.90. The number of carbonyl (C=O) groups is 2. The van der Waals surface area contributed by atoms with Gasteiger partial charge in [0.1, 0.15) is 11.6 Å². The SMILES string of the molecule is CON(C)C(=O)C(Cc1cccc(C)c1)NC(=O)OC(C)(C)C. The molecule has 0 radical (unpaired) electrons. The number of nitrogens with one attached hydrogen (secondary N) is 1. The molecule has 0 spiro atoms. The van der Waals surface area contributed by atoms with Crippen molar-refractivity contribution in [1.29, 1.82) is 0 Å². The van der Waals surface area contributed by atoms with Crippen LogP contribution >= 0.6 is 0 Å². The molecule has 0 bridgehead atoms. The summed E-state index contributed by atoms with van der Waals surface area (Å²) in [5, 5.41) is 3.72. The Morgan fingerprint density at radius 1 is 1.30 bits per heavy atom. The zero-order chi connectivity index (χ0) is 17.6. The third-order valence-electron chi connectivity index (χ3n) is 3.10. The first-order chi connectivity index (χ1) is 10.6. The second kappa shape index (κ2) is 7.97. The third-order valence-corrected chi connectivity index (χ3v) is 3.10. The molecule has 0 saturated heterocycles. The zero-order valence-electron chi connectivity index (χ0n) is 14.7. The first-order valence-corrected chi connectivity index (χ1v) is 7.49. The Morgan fingerprint density at radius 2 is 1.96 bits per heavy atom. The minimum Gasteiger partial charge on any atom is -0.444 e. The molecule has 6 heteroatoms. The van der Waals surface area contributed by atoms with Gasteiger partial charge in [-0.25, -0.2) is 9.86 Å². The number of amides is 2. The molecule has 1 rings (SSSR count). The number of carbonyl (C=O) groups excluding carboxylic acids is 2. The van der Waals surface area contributed by atoms with E-state index in [0.717, 1.165) is 16.2 Å². The maximum absolute atomic E-state index is 12.4. The first kappa shape index (κ1) is 19.0. The van der Waals surface area contributed by atoms with Gasteiger partial charge in [-0.15, -0.1) is 0 Å². The van der Waals surface area contributed by atoms with Gasteiger partial charge < -0.3 is 10.1 Å². The highest BCUT2D eigenvalue weighted by molar-refractivity contribution is 5.85. The number of benzene rings is 1. The number of rotatable bonds is 5. The molecule has 6 nitrogen and oxygen atoms in total. The molecular formula is C17H26N2O4. The molecule has 128 valence electrons. The van der Waals surface area contributed by atoms with Crippen LogP contribution in [0, 0.1) is 6.92 Å². The van der Waals surface area contributed by atoms with Crippen LogP contribution in [0.3, 0.4) is 0 Å². The predicted molar refractivity (Wildman–Crippen MR) is 87.8 cm³/mol. The van der Waals surface area contributed by atoms with E-state index < -0.39 is 17.7 Å². The van der Waals surface area contributed by atoms with E-state index in [9.17, 15) is 9.59 Å². The number of hydrogen-bond acceptors (Lipinski definition) is 4. The average Bonchev–Trinajstić information content (AvgIpc) is 2.43. The van der Waals surface area contributed by atoms with E-state index in [1.165, 1.54) is 14.2 Å². The largest absolute Gasteiger partial charge is 0.444 e. The fourth-order valence-electron chi connectivity index (χ4n) is 2.03. The Morgan fingerprint density at radius 3 is 2.48 bits per heavy atom. The summed E-state index contributed by atoms with van der Waals surface area (Å²) < 4.78 is 5.23. The smallest absolute Gasteiger partial charge is 0.408 e. The van der Waals surface area contributed by atoms with Crippen LogP contribution in [0.2, 0.25) is 0 Å². The van der Waals surface area contributed by atoms with Crippen molar-refractivity contribution in [3.05, 3.63) is 35.4 Å². The summed E-state index contributed by atoms with van der Waals surface area (Å²) in [4.78, 5) is 29.3. The molecule has 2 amide bonds. The van der Waals surface area contributed by atoms with E-state index in [1.807, 2.05) is 31.2 Å². The lowest BCUT2D eigenvalue weighted by molar-refractivity contribution is -0.171. The van der Waals surface area contributed by atoms with Crippen LogP contribution in [-0.4, -0.2) is 42.9 Å². The Kier molecular flexibility index (Phi) is 6.57. The maximum Gasteiger partial charge on any atom is 0.408 e. The Labute approximate surface area is 137 Å². The van der Waals surface area contributed by atoms with E-state index in [2.05, 4.69) is 5.32 Å². The van der Waals surface area contributed by atoms with Crippen molar-refractivity contribution in [1.82, 2.24) is 10.4 Å². The van der Waals surface area contributed by atoms with E-state index >= 15 is 0 Å². The van der Waals surface area contributed by atoms with Crippen molar-refractivity contribution < 1.29 is 19.2 Å². The molecule has 0 aliphatic carbocycles. The predicted octanol–water partition coefficient (Wildman–Crippen LogP) is 2.45. The molecule has 1 aromatic rings. The van der Waals surface area contributed by atoms with E-state index in [1.54, 1.807) is 20.8 Å². The number of likely N-dealkylation sites (N-methyl/N-ethyl adjacent to an activating group) is 1. The number of alkyl carbamates (subject to hydrolysis) is 1. The topological polar surface area (TPSA) is 67.9 Å². The molecule has 23 heavy (non-hydrogen) atoms.